The van der Waals surface area contributed by atoms with Gasteiger partial charge in [0, 0.05) is 18.7 Å². The molecular formula is C11H15NO3. The number of aliphatic hydroxyl groups excluding tert-OH is 1. The van der Waals surface area contributed by atoms with Crippen LogP contribution in [0.3, 0.4) is 0 Å². The average molecular weight is 209 g/mol. The van der Waals surface area contributed by atoms with Gasteiger partial charge in [-0.15, -0.1) is 0 Å². The molecule has 0 aliphatic carbocycles. The van der Waals surface area contributed by atoms with E-state index in [9.17, 15) is 4.79 Å². The molecule has 4 heteroatoms. The number of carbonyl (C=O) groups is 1. The van der Waals surface area contributed by atoms with Crippen molar-refractivity contribution >= 4 is 11.7 Å². The van der Waals surface area contributed by atoms with Crippen LogP contribution in [0.1, 0.15) is 22.3 Å². The molecule has 0 atom stereocenters. The fourth-order valence-corrected chi connectivity index (χ4v) is 1.18. The molecule has 4 nitrogen and oxygen atoms in total. The monoisotopic (exact) mass is 209 g/mol. The molecular weight excluding hydrogens is 194 g/mol. The molecule has 1 rings (SSSR count). The number of rotatable bonds is 4. The first kappa shape index (κ1) is 11.5. The van der Waals surface area contributed by atoms with Gasteiger partial charge in [-0.25, -0.2) is 4.79 Å². The lowest BCUT2D eigenvalue weighted by Crippen LogP contribution is -2.10. The topological polar surface area (TPSA) is 72.6 Å². The Kier molecular flexibility index (Phi) is 4.12. The Morgan fingerprint density at radius 3 is 2.93 bits per heavy atom. The summed E-state index contributed by atoms with van der Waals surface area (Å²) >= 11 is 0. The molecule has 0 aliphatic rings. The number of esters is 1. The van der Waals surface area contributed by atoms with E-state index in [1.807, 2.05) is 0 Å². The van der Waals surface area contributed by atoms with Crippen molar-refractivity contribution in [3.8, 4) is 0 Å². The van der Waals surface area contributed by atoms with E-state index in [1.54, 1.807) is 25.1 Å². The van der Waals surface area contributed by atoms with Gasteiger partial charge in [0.1, 0.15) is 0 Å². The van der Waals surface area contributed by atoms with E-state index in [2.05, 4.69) is 0 Å². The molecule has 0 radical (unpaired) electrons. The van der Waals surface area contributed by atoms with Gasteiger partial charge in [-0.2, -0.15) is 0 Å². The zero-order valence-electron chi connectivity index (χ0n) is 8.69. The van der Waals surface area contributed by atoms with Crippen LogP contribution >= 0.6 is 0 Å². The molecule has 0 unspecified atom stereocenters. The molecule has 0 aromatic heterocycles. The lowest BCUT2D eigenvalue weighted by molar-refractivity contribution is 0.0481. The molecule has 0 fully saturated rings. The van der Waals surface area contributed by atoms with E-state index in [0.29, 0.717) is 17.7 Å². The number of benzene rings is 1. The van der Waals surface area contributed by atoms with Gasteiger partial charge in [0.15, 0.2) is 0 Å². The largest absolute Gasteiger partial charge is 0.462 e. The number of hydrogen-bond donors (Lipinski definition) is 2. The summed E-state index contributed by atoms with van der Waals surface area (Å²) in [5.74, 6) is -0.395. The summed E-state index contributed by atoms with van der Waals surface area (Å²) in [6, 6.07) is 5.12. The maximum atomic E-state index is 11.5. The molecule has 15 heavy (non-hydrogen) atoms. The molecule has 0 saturated carbocycles. The molecule has 0 saturated heterocycles. The Bertz CT molecular complexity index is 350. The van der Waals surface area contributed by atoms with Gasteiger partial charge in [0.05, 0.1) is 12.2 Å². The highest BCUT2D eigenvalue weighted by Gasteiger charge is 2.11. The molecule has 0 heterocycles. The van der Waals surface area contributed by atoms with Crippen molar-refractivity contribution in [3.63, 3.8) is 0 Å². The van der Waals surface area contributed by atoms with Crippen LogP contribution in [0.5, 0.6) is 0 Å². The van der Waals surface area contributed by atoms with Gasteiger partial charge in [0.25, 0.3) is 0 Å². The van der Waals surface area contributed by atoms with E-state index in [4.69, 9.17) is 15.6 Å². The lowest BCUT2D eigenvalue weighted by Gasteiger charge is -2.07. The van der Waals surface area contributed by atoms with Crippen molar-refractivity contribution in [2.45, 2.75) is 13.3 Å². The molecule has 1 aromatic carbocycles. The average Bonchev–Trinajstić information content (AvgIpc) is 2.22. The fourth-order valence-electron chi connectivity index (χ4n) is 1.18. The van der Waals surface area contributed by atoms with Crippen molar-refractivity contribution in [1.29, 1.82) is 0 Å². The van der Waals surface area contributed by atoms with Crippen LogP contribution in [0.25, 0.3) is 0 Å². The highest BCUT2D eigenvalue weighted by Crippen LogP contribution is 2.16. The summed E-state index contributed by atoms with van der Waals surface area (Å²) in [5.41, 5.74) is 7.45. The van der Waals surface area contributed by atoms with E-state index >= 15 is 0 Å². The summed E-state index contributed by atoms with van der Waals surface area (Å²) in [6.45, 7) is 2.02. The zero-order valence-corrected chi connectivity index (χ0v) is 8.69. The smallest absolute Gasteiger partial charge is 0.338 e. The third kappa shape index (κ3) is 2.95. The van der Waals surface area contributed by atoms with Crippen LogP contribution in [0, 0.1) is 6.92 Å². The standard InChI is InChI=1S/C11H15NO3/c1-8-9(4-2-5-10(8)12)11(14)15-7-3-6-13/h2,4-5,13H,3,6-7,12H2,1H3. The van der Waals surface area contributed by atoms with Gasteiger partial charge >= 0.3 is 5.97 Å². The Balaban J connectivity index is 2.69. The first-order valence-electron chi connectivity index (χ1n) is 4.80. The fraction of sp³-hybridized carbons (Fsp3) is 0.364. The number of hydrogen-bond acceptors (Lipinski definition) is 4. The SMILES string of the molecule is Cc1c(N)cccc1C(=O)OCCCO. The van der Waals surface area contributed by atoms with Crippen LogP contribution in [0.2, 0.25) is 0 Å². The van der Waals surface area contributed by atoms with Gasteiger partial charge in [-0.1, -0.05) is 6.07 Å². The number of nitrogen functional groups attached to an aromatic ring is 1. The minimum Gasteiger partial charge on any atom is -0.462 e. The summed E-state index contributed by atoms with van der Waals surface area (Å²) < 4.78 is 4.95. The van der Waals surface area contributed by atoms with Crippen LogP contribution in [-0.4, -0.2) is 24.3 Å². The van der Waals surface area contributed by atoms with Crippen molar-refractivity contribution in [2.75, 3.05) is 18.9 Å². The predicted octanol–water partition coefficient (Wildman–Crippen LogP) is 1.12. The van der Waals surface area contributed by atoms with E-state index in [0.717, 1.165) is 5.56 Å². The zero-order chi connectivity index (χ0) is 11.3. The third-order valence-corrected chi connectivity index (χ3v) is 2.13. The normalized spacial score (nSPS) is 10.0. The molecule has 82 valence electrons. The van der Waals surface area contributed by atoms with Crippen LogP contribution in [0.15, 0.2) is 18.2 Å². The Hall–Kier alpha value is -1.55. The molecule has 3 N–H and O–H groups in total. The number of ether oxygens (including phenoxy) is 1. The van der Waals surface area contributed by atoms with Crippen molar-refractivity contribution in [3.05, 3.63) is 29.3 Å². The number of aliphatic hydroxyl groups is 1. The van der Waals surface area contributed by atoms with Gasteiger partial charge in [-0.05, 0) is 24.6 Å². The molecule has 0 bridgehead atoms. The number of nitrogens with two attached hydrogens (primary N) is 1. The third-order valence-electron chi connectivity index (χ3n) is 2.13. The predicted molar refractivity (Wildman–Crippen MR) is 57.6 cm³/mol. The lowest BCUT2D eigenvalue weighted by atomic mass is 10.1. The summed E-state index contributed by atoms with van der Waals surface area (Å²) in [6.07, 6.45) is 0.451. The summed E-state index contributed by atoms with van der Waals surface area (Å²) in [5, 5.41) is 8.54. The van der Waals surface area contributed by atoms with Crippen LogP contribution in [-0.2, 0) is 4.74 Å². The maximum Gasteiger partial charge on any atom is 0.338 e. The van der Waals surface area contributed by atoms with Crippen molar-refractivity contribution < 1.29 is 14.6 Å². The highest BCUT2D eigenvalue weighted by molar-refractivity contribution is 5.92. The van der Waals surface area contributed by atoms with Crippen LogP contribution < -0.4 is 5.73 Å². The Labute approximate surface area is 88.7 Å². The first-order chi connectivity index (χ1) is 7.16. The van der Waals surface area contributed by atoms with Gasteiger partial charge < -0.3 is 15.6 Å². The number of carbonyl (C=O) groups excluding carboxylic acids is 1. The van der Waals surface area contributed by atoms with E-state index in [-0.39, 0.29) is 13.2 Å². The molecule has 1 aromatic rings. The quantitative estimate of drug-likeness (QED) is 0.442. The Morgan fingerprint density at radius 1 is 1.53 bits per heavy atom. The van der Waals surface area contributed by atoms with E-state index < -0.39 is 5.97 Å². The summed E-state index contributed by atoms with van der Waals surface area (Å²) in [7, 11) is 0. The second-order valence-electron chi connectivity index (χ2n) is 3.23. The van der Waals surface area contributed by atoms with Crippen molar-refractivity contribution in [1.82, 2.24) is 0 Å². The first-order valence-corrected chi connectivity index (χ1v) is 4.80. The minimum atomic E-state index is -0.395. The molecule has 0 spiro atoms. The number of anilines is 1. The second-order valence-corrected chi connectivity index (χ2v) is 3.23. The Morgan fingerprint density at radius 2 is 2.27 bits per heavy atom. The molecule has 0 amide bonds. The maximum absolute atomic E-state index is 11.5. The second kappa shape index (κ2) is 5.36. The summed E-state index contributed by atoms with van der Waals surface area (Å²) in [4.78, 5) is 11.5. The van der Waals surface area contributed by atoms with E-state index in [1.165, 1.54) is 0 Å². The van der Waals surface area contributed by atoms with Crippen molar-refractivity contribution in [2.24, 2.45) is 0 Å². The minimum absolute atomic E-state index is 0.0171. The van der Waals surface area contributed by atoms with Crippen LogP contribution in [0.4, 0.5) is 5.69 Å². The van der Waals surface area contributed by atoms with Gasteiger partial charge in [-0.3, -0.25) is 0 Å². The highest BCUT2D eigenvalue weighted by atomic mass is 16.5. The molecule has 0 aliphatic heterocycles. The van der Waals surface area contributed by atoms with Gasteiger partial charge in [0.2, 0.25) is 0 Å².